The van der Waals surface area contributed by atoms with E-state index in [-0.39, 0.29) is 0 Å². The monoisotopic (exact) mass is 221 g/mol. The third-order valence-corrected chi connectivity index (χ3v) is 3.70. The fraction of sp³-hybridized carbons (Fsp3) is 1.00. The summed E-state index contributed by atoms with van der Waals surface area (Å²) >= 11 is 0. The van der Waals surface area contributed by atoms with Crippen LogP contribution in [0.2, 0.25) is 0 Å². The Bertz CT molecular complexity index is 260. The van der Waals surface area contributed by atoms with E-state index in [0.29, 0.717) is 19.0 Å². The number of hydrogen-bond acceptors (Lipinski definition) is 3. The molecule has 0 aromatic carbocycles. The predicted molar refractivity (Wildman–Crippen MR) is 55.9 cm³/mol. The summed E-state index contributed by atoms with van der Waals surface area (Å²) in [4.78, 5) is 0. The van der Waals surface area contributed by atoms with E-state index in [2.05, 4.69) is 5.32 Å². The summed E-state index contributed by atoms with van der Waals surface area (Å²) in [5.74, 6) is 0.405. The maximum Gasteiger partial charge on any atom is 0.276 e. The van der Waals surface area contributed by atoms with E-state index in [0.717, 1.165) is 25.9 Å². The molecule has 6 heteroatoms. The second-order valence-electron chi connectivity index (χ2n) is 3.71. The molecule has 0 saturated carbocycles. The average molecular weight is 221 g/mol. The van der Waals surface area contributed by atoms with Crippen molar-refractivity contribution in [3.8, 4) is 0 Å². The van der Waals surface area contributed by atoms with E-state index >= 15 is 0 Å². The van der Waals surface area contributed by atoms with Crippen LogP contribution in [0.15, 0.2) is 0 Å². The van der Waals surface area contributed by atoms with Crippen LogP contribution in [-0.4, -0.2) is 38.9 Å². The van der Waals surface area contributed by atoms with Gasteiger partial charge in [0.1, 0.15) is 0 Å². The zero-order valence-electron chi connectivity index (χ0n) is 8.57. The molecule has 3 N–H and O–H groups in total. The van der Waals surface area contributed by atoms with Gasteiger partial charge in [-0.1, -0.05) is 6.92 Å². The van der Waals surface area contributed by atoms with E-state index in [1.807, 2.05) is 0 Å². The third-order valence-electron chi connectivity index (χ3n) is 2.57. The summed E-state index contributed by atoms with van der Waals surface area (Å²) in [6.45, 7) is 4.74. The van der Waals surface area contributed by atoms with Gasteiger partial charge in [-0.05, 0) is 31.8 Å². The molecule has 1 unspecified atom stereocenters. The zero-order valence-corrected chi connectivity index (χ0v) is 9.39. The van der Waals surface area contributed by atoms with Crippen molar-refractivity contribution in [1.29, 1.82) is 0 Å². The Morgan fingerprint density at radius 2 is 2.29 bits per heavy atom. The van der Waals surface area contributed by atoms with Crippen molar-refractivity contribution in [2.45, 2.75) is 19.8 Å². The first-order valence-electron chi connectivity index (χ1n) is 5.02. The van der Waals surface area contributed by atoms with Gasteiger partial charge >= 0.3 is 0 Å². The topological polar surface area (TPSA) is 75.4 Å². The van der Waals surface area contributed by atoms with Crippen LogP contribution in [0.25, 0.3) is 0 Å². The summed E-state index contributed by atoms with van der Waals surface area (Å²) < 4.78 is 23.6. The molecule has 1 aliphatic rings. The SMILES string of the molecule is CCN(CC1CCCNC1)S(N)(=O)=O. The molecule has 0 aliphatic carbocycles. The number of hydrogen-bond donors (Lipinski definition) is 2. The zero-order chi connectivity index (χ0) is 10.6. The van der Waals surface area contributed by atoms with Crippen LogP contribution in [0.4, 0.5) is 0 Å². The van der Waals surface area contributed by atoms with Gasteiger partial charge < -0.3 is 5.32 Å². The van der Waals surface area contributed by atoms with Gasteiger partial charge in [0, 0.05) is 13.1 Å². The van der Waals surface area contributed by atoms with Crippen molar-refractivity contribution in [1.82, 2.24) is 9.62 Å². The van der Waals surface area contributed by atoms with Crippen LogP contribution >= 0.6 is 0 Å². The molecule has 1 aliphatic heterocycles. The highest BCUT2D eigenvalue weighted by molar-refractivity contribution is 7.86. The lowest BCUT2D eigenvalue weighted by molar-refractivity contribution is 0.298. The minimum atomic E-state index is -3.51. The summed E-state index contributed by atoms with van der Waals surface area (Å²) in [7, 11) is -3.51. The molecular formula is C8H19N3O2S. The number of nitrogens with zero attached hydrogens (tertiary/aromatic N) is 1. The Morgan fingerprint density at radius 3 is 2.71 bits per heavy atom. The highest BCUT2D eigenvalue weighted by atomic mass is 32.2. The smallest absolute Gasteiger partial charge is 0.276 e. The lowest BCUT2D eigenvalue weighted by Gasteiger charge is -2.27. The molecule has 5 nitrogen and oxygen atoms in total. The van der Waals surface area contributed by atoms with E-state index in [1.165, 1.54) is 4.31 Å². The van der Waals surface area contributed by atoms with Crippen LogP contribution in [0.5, 0.6) is 0 Å². The first kappa shape index (κ1) is 11.9. The fourth-order valence-electron chi connectivity index (χ4n) is 1.78. The molecule has 14 heavy (non-hydrogen) atoms. The Morgan fingerprint density at radius 1 is 1.57 bits per heavy atom. The fourth-order valence-corrected chi connectivity index (χ4v) is 2.56. The van der Waals surface area contributed by atoms with Gasteiger partial charge in [-0.25, -0.2) is 5.14 Å². The first-order valence-corrected chi connectivity index (χ1v) is 6.53. The third kappa shape index (κ3) is 3.53. The van der Waals surface area contributed by atoms with E-state index < -0.39 is 10.2 Å². The summed E-state index contributed by atoms with van der Waals surface area (Å²) in [5, 5.41) is 8.34. The molecule has 0 bridgehead atoms. The first-order chi connectivity index (χ1) is 6.54. The molecule has 0 aromatic heterocycles. The summed E-state index contributed by atoms with van der Waals surface area (Å²) in [6.07, 6.45) is 2.20. The molecule has 1 atom stereocenters. The minimum absolute atomic E-state index is 0.405. The average Bonchev–Trinajstić information content (AvgIpc) is 2.14. The molecule has 1 fully saturated rings. The molecule has 0 amide bonds. The number of rotatable bonds is 4. The van der Waals surface area contributed by atoms with Crippen LogP contribution in [0, 0.1) is 5.92 Å². The Labute approximate surface area is 85.8 Å². The van der Waals surface area contributed by atoms with Crippen LogP contribution in [0.1, 0.15) is 19.8 Å². The maximum atomic E-state index is 11.1. The van der Waals surface area contributed by atoms with Crippen molar-refractivity contribution >= 4 is 10.2 Å². The largest absolute Gasteiger partial charge is 0.316 e. The van der Waals surface area contributed by atoms with E-state index in [1.54, 1.807) is 6.92 Å². The highest BCUT2D eigenvalue weighted by Gasteiger charge is 2.21. The van der Waals surface area contributed by atoms with Gasteiger partial charge in [-0.3, -0.25) is 0 Å². The second kappa shape index (κ2) is 5.06. The number of piperidine rings is 1. The summed E-state index contributed by atoms with van der Waals surface area (Å²) in [6, 6.07) is 0. The van der Waals surface area contributed by atoms with Gasteiger partial charge in [0.25, 0.3) is 10.2 Å². The lowest BCUT2D eigenvalue weighted by atomic mass is 10.00. The van der Waals surface area contributed by atoms with Crippen molar-refractivity contribution in [3.63, 3.8) is 0 Å². The Hall–Kier alpha value is -0.170. The van der Waals surface area contributed by atoms with Gasteiger partial charge in [-0.15, -0.1) is 0 Å². The van der Waals surface area contributed by atoms with Gasteiger partial charge in [0.15, 0.2) is 0 Å². The highest BCUT2D eigenvalue weighted by Crippen LogP contribution is 2.12. The van der Waals surface area contributed by atoms with Crippen molar-refractivity contribution < 1.29 is 8.42 Å². The molecule has 1 heterocycles. The summed E-state index contributed by atoms with van der Waals surface area (Å²) in [5.41, 5.74) is 0. The van der Waals surface area contributed by atoms with E-state index in [4.69, 9.17) is 5.14 Å². The van der Waals surface area contributed by atoms with Gasteiger partial charge in [0.2, 0.25) is 0 Å². The molecule has 0 spiro atoms. The number of nitrogens with two attached hydrogens (primary N) is 1. The van der Waals surface area contributed by atoms with Crippen molar-refractivity contribution in [2.24, 2.45) is 11.1 Å². The lowest BCUT2D eigenvalue weighted by Crippen LogP contribution is -2.43. The normalized spacial score (nSPS) is 24.1. The van der Waals surface area contributed by atoms with Crippen molar-refractivity contribution in [3.05, 3.63) is 0 Å². The van der Waals surface area contributed by atoms with Crippen LogP contribution < -0.4 is 10.5 Å². The van der Waals surface area contributed by atoms with Crippen LogP contribution in [-0.2, 0) is 10.2 Å². The molecule has 84 valence electrons. The Balaban J connectivity index is 2.47. The molecule has 0 aromatic rings. The maximum absolute atomic E-state index is 11.1. The van der Waals surface area contributed by atoms with Gasteiger partial charge in [-0.2, -0.15) is 12.7 Å². The van der Waals surface area contributed by atoms with Crippen LogP contribution in [0.3, 0.4) is 0 Å². The van der Waals surface area contributed by atoms with E-state index in [9.17, 15) is 8.42 Å². The molecule has 0 radical (unpaired) electrons. The molecule has 1 saturated heterocycles. The standard InChI is InChI=1S/C8H19N3O2S/c1-2-11(14(9,12)13)7-8-4-3-5-10-6-8/h8,10H,2-7H2,1H3,(H2,9,12,13). The molecular weight excluding hydrogens is 202 g/mol. The second-order valence-corrected chi connectivity index (χ2v) is 5.25. The van der Waals surface area contributed by atoms with Crippen molar-refractivity contribution in [2.75, 3.05) is 26.2 Å². The quantitative estimate of drug-likeness (QED) is 0.673. The minimum Gasteiger partial charge on any atom is -0.316 e. The predicted octanol–water partition coefficient (Wildman–Crippen LogP) is -0.489. The Kier molecular flexibility index (Phi) is 4.31. The van der Waals surface area contributed by atoms with Gasteiger partial charge in [0.05, 0.1) is 0 Å². The molecule has 1 rings (SSSR count). The number of nitrogens with one attached hydrogen (secondary N) is 1.